The SMILES string of the molecule is NC(=O)c1ccc(-n2cnc(-c3ccc4c(c3)OCO4)c2-c2ccccn2)cc1. The van der Waals surface area contributed by atoms with Gasteiger partial charge in [0.1, 0.15) is 6.33 Å². The minimum Gasteiger partial charge on any atom is -0.454 e. The first-order chi connectivity index (χ1) is 14.2. The third-order valence-electron chi connectivity index (χ3n) is 4.75. The average Bonchev–Trinajstić information content (AvgIpc) is 3.41. The number of aromatic nitrogens is 3. The van der Waals surface area contributed by atoms with Crippen LogP contribution in [0, 0.1) is 0 Å². The number of imidazole rings is 1. The van der Waals surface area contributed by atoms with Gasteiger partial charge in [0.05, 0.1) is 17.1 Å². The van der Waals surface area contributed by atoms with Crippen molar-refractivity contribution in [1.29, 1.82) is 0 Å². The molecule has 5 rings (SSSR count). The molecule has 0 atom stereocenters. The minimum absolute atomic E-state index is 0.215. The Morgan fingerprint density at radius 3 is 2.55 bits per heavy atom. The molecule has 2 aromatic heterocycles. The third-order valence-corrected chi connectivity index (χ3v) is 4.75. The topological polar surface area (TPSA) is 92.3 Å². The fourth-order valence-electron chi connectivity index (χ4n) is 3.33. The van der Waals surface area contributed by atoms with Gasteiger partial charge in [-0.3, -0.25) is 14.3 Å². The Bertz CT molecular complexity index is 1200. The van der Waals surface area contributed by atoms with Crippen molar-refractivity contribution >= 4 is 5.91 Å². The fraction of sp³-hybridized carbons (Fsp3) is 0.0455. The second-order valence-corrected chi connectivity index (χ2v) is 6.51. The van der Waals surface area contributed by atoms with Gasteiger partial charge in [-0.15, -0.1) is 0 Å². The molecule has 0 fully saturated rings. The van der Waals surface area contributed by atoms with Crippen LogP contribution in [-0.2, 0) is 0 Å². The van der Waals surface area contributed by atoms with Gasteiger partial charge in [-0.2, -0.15) is 0 Å². The number of carbonyl (C=O) groups excluding carboxylic acids is 1. The second-order valence-electron chi connectivity index (χ2n) is 6.51. The number of nitrogens with two attached hydrogens (primary N) is 1. The van der Waals surface area contributed by atoms with Gasteiger partial charge in [-0.25, -0.2) is 4.98 Å². The second kappa shape index (κ2) is 6.79. The highest BCUT2D eigenvalue weighted by Crippen LogP contribution is 2.38. The molecule has 0 spiro atoms. The normalized spacial score (nSPS) is 12.1. The van der Waals surface area contributed by atoms with E-state index in [0.717, 1.165) is 34.1 Å². The molecular weight excluding hydrogens is 368 g/mol. The molecule has 2 aromatic carbocycles. The number of amides is 1. The summed E-state index contributed by atoms with van der Waals surface area (Å²) >= 11 is 0. The van der Waals surface area contributed by atoms with Crippen molar-refractivity contribution in [3.05, 3.63) is 78.8 Å². The Balaban J connectivity index is 1.68. The Morgan fingerprint density at radius 2 is 1.79 bits per heavy atom. The number of carbonyl (C=O) groups is 1. The summed E-state index contributed by atoms with van der Waals surface area (Å²) in [7, 11) is 0. The van der Waals surface area contributed by atoms with Gasteiger partial charge in [0.25, 0.3) is 0 Å². The first-order valence-electron chi connectivity index (χ1n) is 9.00. The predicted molar refractivity (Wildman–Crippen MR) is 107 cm³/mol. The largest absolute Gasteiger partial charge is 0.454 e. The number of rotatable bonds is 4. The van der Waals surface area contributed by atoms with Crippen LogP contribution < -0.4 is 15.2 Å². The smallest absolute Gasteiger partial charge is 0.248 e. The van der Waals surface area contributed by atoms with Gasteiger partial charge in [0.2, 0.25) is 12.7 Å². The van der Waals surface area contributed by atoms with E-state index in [1.165, 1.54) is 0 Å². The zero-order valence-corrected chi connectivity index (χ0v) is 15.3. The van der Waals surface area contributed by atoms with Crippen LogP contribution in [0.2, 0.25) is 0 Å². The maximum Gasteiger partial charge on any atom is 0.248 e. The van der Waals surface area contributed by atoms with Crippen molar-refractivity contribution in [2.75, 3.05) is 6.79 Å². The van der Waals surface area contributed by atoms with Gasteiger partial charge in [0, 0.05) is 23.0 Å². The van der Waals surface area contributed by atoms with Crippen LogP contribution in [0.15, 0.2) is 73.2 Å². The third kappa shape index (κ3) is 2.98. The van der Waals surface area contributed by atoms with Crippen LogP contribution in [0.25, 0.3) is 28.3 Å². The fourth-order valence-corrected chi connectivity index (χ4v) is 3.33. The molecule has 29 heavy (non-hydrogen) atoms. The lowest BCUT2D eigenvalue weighted by molar-refractivity contribution is 0.100. The van der Waals surface area contributed by atoms with E-state index < -0.39 is 5.91 Å². The summed E-state index contributed by atoms with van der Waals surface area (Å²) in [6.07, 6.45) is 3.48. The molecule has 4 aromatic rings. The number of primary amides is 1. The van der Waals surface area contributed by atoms with E-state index in [4.69, 9.17) is 15.2 Å². The number of nitrogens with zero attached hydrogens (tertiary/aromatic N) is 3. The summed E-state index contributed by atoms with van der Waals surface area (Å²) in [6.45, 7) is 0.215. The summed E-state index contributed by atoms with van der Waals surface area (Å²) in [5.41, 5.74) is 9.91. The Morgan fingerprint density at radius 1 is 0.966 bits per heavy atom. The van der Waals surface area contributed by atoms with Crippen LogP contribution >= 0.6 is 0 Å². The molecule has 0 unspecified atom stereocenters. The van der Waals surface area contributed by atoms with Crippen molar-refractivity contribution in [3.63, 3.8) is 0 Å². The quantitative estimate of drug-likeness (QED) is 0.582. The van der Waals surface area contributed by atoms with Gasteiger partial charge < -0.3 is 15.2 Å². The Hall–Kier alpha value is -4.13. The number of fused-ring (bicyclic) bond motifs is 1. The molecule has 0 radical (unpaired) electrons. The van der Waals surface area contributed by atoms with E-state index in [1.807, 2.05) is 53.1 Å². The maximum atomic E-state index is 11.4. The molecule has 0 bridgehead atoms. The van der Waals surface area contributed by atoms with Gasteiger partial charge >= 0.3 is 0 Å². The first-order valence-corrected chi connectivity index (χ1v) is 9.00. The van der Waals surface area contributed by atoms with Gasteiger partial charge in [0.15, 0.2) is 11.5 Å². The average molecular weight is 384 g/mol. The number of benzene rings is 2. The monoisotopic (exact) mass is 384 g/mol. The zero-order chi connectivity index (χ0) is 19.8. The highest BCUT2D eigenvalue weighted by Gasteiger charge is 2.20. The van der Waals surface area contributed by atoms with Crippen molar-refractivity contribution in [2.24, 2.45) is 5.73 Å². The molecule has 1 aliphatic heterocycles. The van der Waals surface area contributed by atoms with Crippen LogP contribution in [0.3, 0.4) is 0 Å². The molecule has 0 saturated carbocycles. The van der Waals surface area contributed by atoms with Gasteiger partial charge in [-0.1, -0.05) is 6.07 Å². The number of hydrogen-bond acceptors (Lipinski definition) is 5. The van der Waals surface area contributed by atoms with Crippen molar-refractivity contribution in [2.45, 2.75) is 0 Å². The van der Waals surface area contributed by atoms with Gasteiger partial charge in [-0.05, 0) is 54.6 Å². The lowest BCUT2D eigenvalue weighted by atomic mass is 10.1. The first kappa shape index (κ1) is 17.0. The summed E-state index contributed by atoms with van der Waals surface area (Å²) in [5.74, 6) is 0.942. The number of hydrogen-bond donors (Lipinski definition) is 1. The molecule has 7 heteroatoms. The summed E-state index contributed by atoms with van der Waals surface area (Å²) < 4.78 is 12.9. The molecule has 2 N–H and O–H groups in total. The zero-order valence-electron chi connectivity index (χ0n) is 15.3. The summed E-state index contributed by atoms with van der Waals surface area (Å²) in [4.78, 5) is 20.6. The minimum atomic E-state index is -0.465. The highest BCUT2D eigenvalue weighted by atomic mass is 16.7. The number of pyridine rings is 1. The summed E-state index contributed by atoms with van der Waals surface area (Å²) in [5, 5.41) is 0. The van der Waals surface area contributed by atoms with Crippen LogP contribution in [0.1, 0.15) is 10.4 Å². The predicted octanol–water partition coefficient (Wildman–Crippen LogP) is 3.43. The van der Waals surface area contributed by atoms with E-state index in [1.54, 1.807) is 24.7 Å². The molecule has 0 aliphatic carbocycles. The standard InChI is InChI=1S/C22H16N4O3/c23-22(27)14-4-7-16(8-5-14)26-12-25-20(21(26)17-3-1-2-10-24-17)15-6-9-18-19(11-15)29-13-28-18/h1-12H,13H2,(H2,23,27). The van der Waals surface area contributed by atoms with E-state index in [-0.39, 0.29) is 6.79 Å². The van der Waals surface area contributed by atoms with Crippen molar-refractivity contribution < 1.29 is 14.3 Å². The van der Waals surface area contributed by atoms with Crippen LogP contribution in [-0.4, -0.2) is 27.2 Å². The van der Waals surface area contributed by atoms with E-state index in [2.05, 4.69) is 9.97 Å². The van der Waals surface area contributed by atoms with Crippen LogP contribution in [0.4, 0.5) is 0 Å². The molecule has 7 nitrogen and oxygen atoms in total. The summed E-state index contributed by atoms with van der Waals surface area (Å²) in [6, 6.07) is 18.5. The molecule has 3 heterocycles. The molecule has 0 saturated heterocycles. The molecule has 1 amide bonds. The Labute approximate surface area is 166 Å². The van der Waals surface area contributed by atoms with E-state index >= 15 is 0 Å². The lowest BCUT2D eigenvalue weighted by Crippen LogP contribution is -2.10. The lowest BCUT2D eigenvalue weighted by Gasteiger charge is -2.11. The van der Waals surface area contributed by atoms with Crippen molar-refractivity contribution in [1.82, 2.24) is 14.5 Å². The van der Waals surface area contributed by atoms with Crippen LogP contribution in [0.5, 0.6) is 11.5 Å². The maximum absolute atomic E-state index is 11.4. The van der Waals surface area contributed by atoms with Crippen molar-refractivity contribution in [3.8, 4) is 39.8 Å². The van der Waals surface area contributed by atoms with E-state index in [0.29, 0.717) is 11.3 Å². The Kier molecular flexibility index (Phi) is 3.98. The molecular formula is C22H16N4O3. The van der Waals surface area contributed by atoms with E-state index in [9.17, 15) is 4.79 Å². The molecule has 142 valence electrons. The highest BCUT2D eigenvalue weighted by molar-refractivity contribution is 5.93. The molecule has 1 aliphatic rings. The number of ether oxygens (including phenoxy) is 2.